The second-order valence-corrected chi connectivity index (χ2v) is 5.58. The molecule has 1 amide bonds. The molecule has 5 heteroatoms. The lowest BCUT2D eigenvalue weighted by atomic mass is 10.1. The molecule has 0 atom stereocenters. The fourth-order valence-electron chi connectivity index (χ4n) is 2.51. The summed E-state index contributed by atoms with van der Waals surface area (Å²) in [5.74, 6) is 0.881. The third kappa shape index (κ3) is 3.68. The van der Waals surface area contributed by atoms with Crippen molar-refractivity contribution in [2.45, 2.75) is 18.9 Å². The third-order valence-corrected chi connectivity index (χ3v) is 3.83. The van der Waals surface area contributed by atoms with Crippen molar-refractivity contribution in [3.63, 3.8) is 0 Å². The van der Waals surface area contributed by atoms with Crippen molar-refractivity contribution in [1.29, 1.82) is 0 Å². The third-order valence-electron chi connectivity index (χ3n) is 3.83. The van der Waals surface area contributed by atoms with Crippen LogP contribution in [-0.2, 0) is 0 Å². The van der Waals surface area contributed by atoms with Gasteiger partial charge in [-0.1, -0.05) is 0 Å². The maximum absolute atomic E-state index is 11.9. The number of piperidine rings is 1. The first-order valence-electron chi connectivity index (χ1n) is 7.51. The molecule has 5 nitrogen and oxygen atoms in total. The first-order valence-corrected chi connectivity index (χ1v) is 7.51. The Balaban J connectivity index is 1.55. The molecule has 0 spiro atoms. The monoisotopic (exact) mass is 300 g/mol. The molecule has 0 bridgehead atoms. The van der Waals surface area contributed by atoms with Crippen molar-refractivity contribution in [2.24, 2.45) is 0 Å². The number of rotatable bonds is 4. The minimum absolute atomic E-state index is 0.256. The van der Waals surface area contributed by atoms with Gasteiger partial charge in [0.05, 0.1) is 6.26 Å². The van der Waals surface area contributed by atoms with E-state index in [1.54, 1.807) is 12.1 Å². The van der Waals surface area contributed by atoms with Gasteiger partial charge in [-0.25, -0.2) is 0 Å². The highest BCUT2D eigenvalue weighted by atomic mass is 16.5. The maximum atomic E-state index is 11.9. The molecular formula is C17H20N2O3. The number of ether oxygens (including phenoxy) is 1. The molecule has 0 saturated carbocycles. The van der Waals surface area contributed by atoms with Crippen LogP contribution in [0.5, 0.6) is 5.75 Å². The lowest BCUT2D eigenvalue weighted by Crippen LogP contribution is -2.35. The number of furan rings is 1. The average Bonchev–Trinajstić information content (AvgIpc) is 3.06. The molecule has 2 aromatic rings. The fraction of sp³-hybridized carbons (Fsp3) is 0.353. The first kappa shape index (κ1) is 14.7. The normalized spacial score (nSPS) is 16.4. The molecule has 22 heavy (non-hydrogen) atoms. The van der Waals surface area contributed by atoms with Crippen molar-refractivity contribution in [1.82, 2.24) is 4.90 Å². The van der Waals surface area contributed by atoms with Crippen LogP contribution in [0.25, 0.3) is 0 Å². The smallest absolute Gasteiger partial charge is 0.291 e. The molecule has 1 fully saturated rings. The van der Waals surface area contributed by atoms with Gasteiger partial charge in [0.1, 0.15) is 11.9 Å². The van der Waals surface area contributed by atoms with E-state index in [0.29, 0.717) is 5.76 Å². The van der Waals surface area contributed by atoms with Crippen LogP contribution in [0.4, 0.5) is 5.69 Å². The van der Waals surface area contributed by atoms with E-state index in [1.165, 1.54) is 6.26 Å². The molecule has 0 aliphatic carbocycles. The lowest BCUT2D eigenvalue weighted by Gasteiger charge is -2.29. The van der Waals surface area contributed by atoms with Gasteiger partial charge >= 0.3 is 0 Å². The predicted molar refractivity (Wildman–Crippen MR) is 84.3 cm³/mol. The van der Waals surface area contributed by atoms with Crippen LogP contribution in [0, 0.1) is 0 Å². The van der Waals surface area contributed by atoms with E-state index in [9.17, 15) is 4.79 Å². The Hall–Kier alpha value is -2.27. The SMILES string of the molecule is CN1CCC(Oc2ccc(NC(=O)c3ccco3)cc2)CC1. The van der Waals surface area contributed by atoms with E-state index in [0.717, 1.165) is 37.4 Å². The zero-order valence-electron chi connectivity index (χ0n) is 12.6. The Morgan fingerprint density at radius 2 is 1.95 bits per heavy atom. The minimum atomic E-state index is -0.256. The second kappa shape index (κ2) is 6.66. The highest BCUT2D eigenvalue weighted by molar-refractivity contribution is 6.02. The Kier molecular flexibility index (Phi) is 4.44. The van der Waals surface area contributed by atoms with Crippen LogP contribution in [-0.4, -0.2) is 37.0 Å². The number of anilines is 1. The van der Waals surface area contributed by atoms with Gasteiger partial charge in [-0.2, -0.15) is 0 Å². The molecular weight excluding hydrogens is 280 g/mol. The van der Waals surface area contributed by atoms with Gasteiger partial charge in [-0.15, -0.1) is 0 Å². The Morgan fingerprint density at radius 3 is 2.59 bits per heavy atom. The Bertz CT molecular complexity index is 599. The molecule has 1 aromatic carbocycles. The van der Waals surface area contributed by atoms with Crippen molar-refractivity contribution in [3.8, 4) is 5.75 Å². The summed E-state index contributed by atoms with van der Waals surface area (Å²) in [4.78, 5) is 14.2. The molecule has 3 rings (SSSR count). The standard InChI is InChI=1S/C17H20N2O3/c1-19-10-8-15(9-11-19)22-14-6-4-13(5-7-14)18-17(20)16-3-2-12-21-16/h2-7,12,15H,8-11H2,1H3,(H,18,20). The van der Waals surface area contributed by atoms with Gasteiger partial charge in [0.25, 0.3) is 5.91 Å². The number of carbonyl (C=O) groups excluding carboxylic acids is 1. The van der Waals surface area contributed by atoms with E-state index in [-0.39, 0.29) is 12.0 Å². The first-order chi connectivity index (χ1) is 10.7. The maximum Gasteiger partial charge on any atom is 0.291 e. The van der Waals surface area contributed by atoms with Crippen LogP contribution < -0.4 is 10.1 Å². The van der Waals surface area contributed by atoms with Crippen LogP contribution in [0.3, 0.4) is 0 Å². The molecule has 1 saturated heterocycles. The van der Waals surface area contributed by atoms with Gasteiger partial charge in [-0.3, -0.25) is 4.79 Å². The average molecular weight is 300 g/mol. The highest BCUT2D eigenvalue weighted by Crippen LogP contribution is 2.21. The summed E-state index contributed by atoms with van der Waals surface area (Å²) in [6.45, 7) is 2.14. The van der Waals surface area contributed by atoms with Gasteiger partial charge in [0.15, 0.2) is 5.76 Å². The van der Waals surface area contributed by atoms with E-state index in [1.807, 2.05) is 24.3 Å². The zero-order valence-corrected chi connectivity index (χ0v) is 12.6. The fourth-order valence-corrected chi connectivity index (χ4v) is 2.51. The number of likely N-dealkylation sites (tertiary alicyclic amines) is 1. The summed E-state index contributed by atoms with van der Waals surface area (Å²) in [7, 11) is 2.13. The summed E-state index contributed by atoms with van der Waals surface area (Å²) in [6, 6.07) is 10.8. The molecule has 1 aliphatic rings. The van der Waals surface area contributed by atoms with E-state index < -0.39 is 0 Å². The van der Waals surface area contributed by atoms with E-state index >= 15 is 0 Å². The molecule has 116 valence electrons. The predicted octanol–water partition coefficient (Wildman–Crippen LogP) is 3.00. The van der Waals surface area contributed by atoms with Crippen LogP contribution >= 0.6 is 0 Å². The van der Waals surface area contributed by atoms with Gasteiger partial charge in [0.2, 0.25) is 0 Å². The quantitative estimate of drug-likeness (QED) is 0.943. The summed E-state index contributed by atoms with van der Waals surface area (Å²) in [5.41, 5.74) is 0.720. The van der Waals surface area contributed by atoms with Crippen molar-refractivity contribution in [2.75, 3.05) is 25.5 Å². The molecule has 0 radical (unpaired) electrons. The van der Waals surface area contributed by atoms with Crippen LogP contribution in [0.1, 0.15) is 23.4 Å². The Morgan fingerprint density at radius 1 is 1.23 bits per heavy atom. The van der Waals surface area contributed by atoms with Crippen molar-refractivity contribution >= 4 is 11.6 Å². The summed E-state index contributed by atoms with van der Waals surface area (Å²) in [5, 5.41) is 2.79. The summed E-state index contributed by atoms with van der Waals surface area (Å²) in [6.07, 6.45) is 3.86. The van der Waals surface area contributed by atoms with Crippen molar-refractivity contribution < 1.29 is 13.9 Å². The van der Waals surface area contributed by atoms with Gasteiger partial charge < -0.3 is 19.4 Å². The van der Waals surface area contributed by atoms with Crippen LogP contribution in [0.2, 0.25) is 0 Å². The minimum Gasteiger partial charge on any atom is -0.490 e. The number of hydrogen-bond acceptors (Lipinski definition) is 4. The molecule has 1 aromatic heterocycles. The van der Waals surface area contributed by atoms with E-state index in [2.05, 4.69) is 17.3 Å². The zero-order chi connectivity index (χ0) is 15.4. The van der Waals surface area contributed by atoms with E-state index in [4.69, 9.17) is 9.15 Å². The molecule has 0 unspecified atom stereocenters. The largest absolute Gasteiger partial charge is 0.490 e. The molecule has 1 aliphatic heterocycles. The number of amides is 1. The van der Waals surface area contributed by atoms with Crippen molar-refractivity contribution in [3.05, 3.63) is 48.4 Å². The number of benzene rings is 1. The summed E-state index contributed by atoms with van der Waals surface area (Å²) >= 11 is 0. The number of nitrogens with zero attached hydrogens (tertiary/aromatic N) is 1. The second-order valence-electron chi connectivity index (χ2n) is 5.58. The number of carbonyl (C=O) groups is 1. The lowest BCUT2D eigenvalue weighted by molar-refractivity contribution is 0.0996. The van der Waals surface area contributed by atoms with Crippen LogP contribution in [0.15, 0.2) is 47.1 Å². The topological polar surface area (TPSA) is 54.7 Å². The highest BCUT2D eigenvalue weighted by Gasteiger charge is 2.18. The summed E-state index contributed by atoms with van der Waals surface area (Å²) < 4.78 is 11.0. The number of nitrogens with one attached hydrogen (secondary N) is 1. The molecule has 2 heterocycles. The Labute approximate surface area is 129 Å². The van der Waals surface area contributed by atoms with Gasteiger partial charge in [-0.05, 0) is 56.3 Å². The molecule has 1 N–H and O–H groups in total. The van der Waals surface area contributed by atoms with Gasteiger partial charge in [0, 0.05) is 18.8 Å². The number of hydrogen-bond donors (Lipinski definition) is 1.